The van der Waals surface area contributed by atoms with Gasteiger partial charge in [-0.1, -0.05) is 18.2 Å². The van der Waals surface area contributed by atoms with E-state index in [-0.39, 0.29) is 18.4 Å². The quantitative estimate of drug-likeness (QED) is 0.741. The Balaban J connectivity index is 2.85. The summed E-state index contributed by atoms with van der Waals surface area (Å²) in [5.41, 5.74) is 2.25. The Labute approximate surface area is 113 Å². The summed E-state index contributed by atoms with van der Waals surface area (Å²) < 4.78 is 9.94. The van der Waals surface area contributed by atoms with Crippen molar-refractivity contribution in [3.63, 3.8) is 0 Å². The van der Waals surface area contributed by atoms with Gasteiger partial charge in [0.2, 0.25) is 0 Å². The summed E-state index contributed by atoms with van der Waals surface area (Å²) in [7, 11) is 0. The molecule has 0 aliphatic heterocycles. The highest BCUT2D eigenvalue weighted by Gasteiger charge is 2.16. The molecule has 0 amide bonds. The maximum atomic E-state index is 11.9. The van der Waals surface area contributed by atoms with Crippen LogP contribution in [0.4, 0.5) is 0 Å². The maximum Gasteiger partial charge on any atom is 0.338 e. The first-order chi connectivity index (χ1) is 9.10. The summed E-state index contributed by atoms with van der Waals surface area (Å²) in [5, 5.41) is 0. The first-order valence-electron chi connectivity index (χ1n) is 6.51. The summed E-state index contributed by atoms with van der Waals surface area (Å²) in [6, 6.07) is 5.58. The average molecular weight is 264 g/mol. The second-order valence-electron chi connectivity index (χ2n) is 4.13. The third kappa shape index (κ3) is 4.39. The van der Waals surface area contributed by atoms with Crippen molar-refractivity contribution in [2.24, 2.45) is 0 Å². The van der Waals surface area contributed by atoms with E-state index in [1.807, 2.05) is 25.1 Å². The topological polar surface area (TPSA) is 52.6 Å². The number of aryl methyl sites for hydroxylation is 2. The molecule has 1 aromatic rings. The van der Waals surface area contributed by atoms with E-state index in [1.54, 1.807) is 13.8 Å². The van der Waals surface area contributed by atoms with Gasteiger partial charge in [-0.2, -0.15) is 0 Å². The van der Waals surface area contributed by atoms with Crippen molar-refractivity contribution in [1.82, 2.24) is 0 Å². The Morgan fingerprint density at radius 2 is 1.79 bits per heavy atom. The molecule has 0 atom stereocenters. The number of carbonyl (C=O) groups is 2. The predicted molar refractivity (Wildman–Crippen MR) is 72.1 cm³/mol. The van der Waals surface area contributed by atoms with E-state index in [0.29, 0.717) is 25.2 Å². The fourth-order valence-corrected chi connectivity index (χ4v) is 1.90. The molecule has 0 fully saturated rings. The monoisotopic (exact) mass is 264 g/mol. The molecule has 0 bridgehead atoms. The predicted octanol–water partition coefficient (Wildman–Crippen LogP) is 2.67. The van der Waals surface area contributed by atoms with Crippen LogP contribution in [0.3, 0.4) is 0 Å². The van der Waals surface area contributed by atoms with Crippen LogP contribution in [-0.2, 0) is 20.7 Å². The molecule has 0 unspecified atom stereocenters. The molecule has 4 heteroatoms. The third-order valence-electron chi connectivity index (χ3n) is 2.74. The minimum Gasteiger partial charge on any atom is -0.466 e. The van der Waals surface area contributed by atoms with E-state index < -0.39 is 0 Å². The Morgan fingerprint density at radius 3 is 2.42 bits per heavy atom. The van der Waals surface area contributed by atoms with Crippen molar-refractivity contribution in [2.75, 3.05) is 13.2 Å². The molecule has 0 N–H and O–H groups in total. The second-order valence-corrected chi connectivity index (χ2v) is 4.13. The Bertz CT molecular complexity index is 451. The second kappa shape index (κ2) is 7.56. The number of hydrogen-bond acceptors (Lipinski definition) is 4. The lowest BCUT2D eigenvalue weighted by Gasteiger charge is -2.11. The normalized spacial score (nSPS) is 10.1. The third-order valence-corrected chi connectivity index (χ3v) is 2.74. The maximum absolute atomic E-state index is 11.9. The first kappa shape index (κ1) is 15.2. The van der Waals surface area contributed by atoms with Crippen molar-refractivity contribution < 1.29 is 19.1 Å². The number of esters is 2. The summed E-state index contributed by atoms with van der Waals surface area (Å²) in [6.07, 6.45) is 0.748. The number of carbonyl (C=O) groups excluding carboxylic acids is 2. The van der Waals surface area contributed by atoms with Gasteiger partial charge in [0.25, 0.3) is 0 Å². The molecule has 0 aliphatic carbocycles. The van der Waals surface area contributed by atoms with Crippen LogP contribution in [0.2, 0.25) is 0 Å². The van der Waals surface area contributed by atoms with Crippen molar-refractivity contribution in [3.8, 4) is 0 Å². The van der Waals surface area contributed by atoms with Crippen LogP contribution >= 0.6 is 0 Å². The number of rotatable bonds is 6. The minimum absolute atomic E-state index is 0.251. The van der Waals surface area contributed by atoms with Gasteiger partial charge in [0.15, 0.2) is 0 Å². The molecule has 0 heterocycles. The van der Waals surface area contributed by atoms with Crippen molar-refractivity contribution >= 4 is 11.9 Å². The highest BCUT2D eigenvalue weighted by atomic mass is 16.5. The van der Waals surface area contributed by atoms with Crippen LogP contribution in [0.25, 0.3) is 0 Å². The molecule has 4 nitrogen and oxygen atoms in total. The van der Waals surface area contributed by atoms with Crippen LogP contribution in [0.1, 0.15) is 41.8 Å². The van der Waals surface area contributed by atoms with Crippen molar-refractivity contribution in [3.05, 3.63) is 34.9 Å². The molecule has 19 heavy (non-hydrogen) atoms. The standard InChI is InChI=1S/C15H20O4/c1-4-18-13(16)10-9-12-8-6-7-11(3)14(12)15(17)19-5-2/h6-8H,4-5,9-10H2,1-3H3. The van der Waals surface area contributed by atoms with E-state index in [4.69, 9.17) is 9.47 Å². The molecule has 0 aliphatic rings. The van der Waals surface area contributed by atoms with Crippen LogP contribution in [0.15, 0.2) is 18.2 Å². The zero-order valence-corrected chi connectivity index (χ0v) is 11.7. The molecule has 1 rings (SSSR count). The van der Waals surface area contributed by atoms with Gasteiger partial charge in [0.05, 0.1) is 18.8 Å². The number of ether oxygens (including phenoxy) is 2. The highest BCUT2D eigenvalue weighted by Crippen LogP contribution is 2.17. The Hall–Kier alpha value is -1.84. The van der Waals surface area contributed by atoms with E-state index in [1.165, 1.54) is 0 Å². The van der Waals surface area contributed by atoms with Crippen LogP contribution in [0.5, 0.6) is 0 Å². The van der Waals surface area contributed by atoms with E-state index in [2.05, 4.69) is 0 Å². The lowest BCUT2D eigenvalue weighted by molar-refractivity contribution is -0.143. The molecule has 0 spiro atoms. The summed E-state index contributed by atoms with van der Waals surface area (Å²) >= 11 is 0. The van der Waals surface area contributed by atoms with Crippen molar-refractivity contribution in [2.45, 2.75) is 33.6 Å². The van der Waals surface area contributed by atoms with Gasteiger partial charge in [-0.3, -0.25) is 4.79 Å². The number of hydrogen-bond donors (Lipinski definition) is 0. The fourth-order valence-electron chi connectivity index (χ4n) is 1.90. The van der Waals surface area contributed by atoms with Crippen LogP contribution < -0.4 is 0 Å². The fraction of sp³-hybridized carbons (Fsp3) is 0.467. The van der Waals surface area contributed by atoms with Crippen molar-refractivity contribution in [1.29, 1.82) is 0 Å². The summed E-state index contributed by atoms with van der Waals surface area (Å²) in [4.78, 5) is 23.3. The smallest absolute Gasteiger partial charge is 0.338 e. The van der Waals surface area contributed by atoms with Gasteiger partial charge in [-0.25, -0.2) is 4.79 Å². The van der Waals surface area contributed by atoms with Gasteiger partial charge < -0.3 is 9.47 Å². The van der Waals surface area contributed by atoms with E-state index in [9.17, 15) is 9.59 Å². The molecule has 1 aromatic carbocycles. The van der Waals surface area contributed by atoms with E-state index >= 15 is 0 Å². The zero-order chi connectivity index (χ0) is 14.3. The number of benzene rings is 1. The molecule has 104 valence electrons. The Morgan fingerprint density at radius 1 is 1.11 bits per heavy atom. The molecule has 0 saturated heterocycles. The summed E-state index contributed by atoms with van der Waals surface area (Å²) in [5.74, 6) is -0.585. The van der Waals surface area contributed by atoms with Gasteiger partial charge in [-0.05, 0) is 38.3 Å². The van der Waals surface area contributed by atoms with Gasteiger partial charge in [-0.15, -0.1) is 0 Å². The minimum atomic E-state index is -0.334. The van der Waals surface area contributed by atoms with Crippen LogP contribution in [0, 0.1) is 6.92 Å². The lowest BCUT2D eigenvalue weighted by atomic mass is 9.98. The largest absolute Gasteiger partial charge is 0.466 e. The molecule has 0 saturated carbocycles. The average Bonchev–Trinajstić information content (AvgIpc) is 2.37. The molecule has 0 radical (unpaired) electrons. The molecular weight excluding hydrogens is 244 g/mol. The Kier molecular flexibility index (Phi) is 6.06. The van der Waals surface area contributed by atoms with Crippen LogP contribution in [-0.4, -0.2) is 25.2 Å². The lowest BCUT2D eigenvalue weighted by Crippen LogP contribution is -2.12. The summed E-state index contributed by atoms with van der Waals surface area (Å²) in [6.45, 7) is 6.12. The highest BCUT2D eigenvalue weighted by molar-refractivity contribution is 5.92. The zero-order valence-electron chi connectivity index (χ0n) is 11.7. The van der Waals surface area contributed by atoms with Gasteiger partial charge in [0.1, 0.15) is 0 Å². The molecule has 0 aromatic heterocycles. The molecular formula is C15H20O4. The van der Waals surface area contributed by atoms with Gasteiger partial charge >= 0.3 is 11.9 Å². The van der Waals surface area contributed by atoms with E-state index in [0.717, 1.165) is 11.1 Å². The SMILES string of the molecule is CCOC(=O)CCc1cccc(C)c1C(=O)OCC. The van der Waals surface area contributed by atoms with Gasteiger partial charge in [0, 0.05) is 6.42 Å². The first-order valence-corrected chi connectivity index (χ1v) is 6.51.